The zero-order valence-corrected chi connectivity index (χ0v) is 12.8. The molecule has 0 aliphatic carbocycles. The van der Waals surface area contributed by atoms with Crippen molar-refractivity contribution in [1.82, 2.24) is 5.32 Å². The summed E-state index contributed by atoms with van der Waals surface area (Å²) in [7, 11) is 1.39. The first kappa shape index (κ1) is 17.1. The van der Waals surface area contributed by atoms with Crippen LogP contribution in [0.25, 0.3) is 0 Å². The van der Waals surface area contributed by atoms with Crippen LogP contribution in [0.2, 0.25) is 5.02 Å². The second-order valence-electron chi connectivity index (χ2n) is 4.68. The predicted molar refractivity (Wildman–Crippen MR) is 80.6 cm³/mol. The Bertz CT molecular complexity index is 717. The number of benzene rings is 2. The zero-order valence-electron chi connectivity index (χ0n) is 12.1. The quantitative estimate of drug-likeness (QED) is 0.899. The molecule has 122 valence electrons. The Hall–Kier alpha value is -2.21. The van der Waals surface area contributed by atoms with E-state index in [4.69, 9.17) is 16.3 Å². The van der Waals surface area contributed by atoms with Crippen LogP contribution in [0.15, 0.2) is 42.5 Å². The highest BCUT2D eigenvalue weighted by Crippen LogP contribution is 2.31. The molecular weight excluding hydrogens is 331 g/mol. The summed E-state index contributed by atoms with van der Waals surface area (Å²) in [6.07, 6.45) is -4.48. The van der Waals surface area contributed by atoms with E-state index in [1.165, 1.54) is 37.4 Å². The van der Waals surface area contributed by atoms with Crippen molar-refractivity contribution in [1.29, 1.82) is 0 Å². The normalized spacial score (nSPS) is 11.2. The third kappa shape index (κ3) is 4.16. The fourth-order valence-corrected chi connectivity index (χ4v) is 2.25. The van der Waals surface area contributed by atoms with Crippen LogP contribution in [0.3, 0.4) is 0 Å². The van der Waals surface area contributed by atoms with Crippen LogP contribution < -0.4 is 10.1 Å². The largest absolute Gasteiger partial charge is 0.496 e. The Balaban J connectivity index is 2.19. The second-order valence-corrected chi connectivity index (χ2v) is 5.12. The Morgan fingerprint density at radius 3 is 2.57 bits per heavy atom. The number of rotatable bonds is 4. The number of alkyl halides is 3. The van der Waals surface area contributed by atoms with E-state index in [0.29, 0.717) is 5.02 Å². The molecule has 2 aromatic carbocycles. The molecule has 2 aromatic rings. The SMILES string of the molecule is COc1ccc(Cl)cc1C(=O)NCc1ccccc1C(F)(F)F. The van der Waals surface area contributed by atoms with Crippen LogP contribution in [-0.4, -0.2) is 13.0 Å². The minimum absolute atomic E-state index is 0.0191. The molecule has 0 saturated carbocycles. The molecule has 1 amide bonds. The molecule has 0 atom stereocenters. The molecular formula is C16H13ClF3NO2. The summed E-state index contributed by atoms with van der Waals surface area (Å²) in [6, 6.07) is 9.53. The number of carbonyl (C=O) groups excluding carboxylic acids is 1. The molecule has 0 heterocycles. The minimum Gasteiger partial charge on any atom is -0.496 e. The number of halogens is 4. The van der Waals surface area contributed by atoms with Gasteiger partial charge in [0.25, 0.3) is 5.91 Å². The predicted octanol–water partition coefficient (Wildman–Crippen LogP) is 4.30. The van der Waals surface area contributed by atoms with Crippen LogP contribution >= 0.6 is 11.6 Å². The molecule has 3 nitrogen and oxygen atoms in total. The van der Waals surface area contributed by atoms with Gasteiger partial charge in [0.2, 0.25) is 0 Å². The number of amides is 1. The second kappa shape index (κ2) is 6.91. The maximum Gasteiger partial charge on any atom is 0.416 e. The monoisotopic (exact) mass is 343 g/mol. The summed E-state index contributed by atoms with van der Waals surface area (Å²) in [6.45, 7) is -0.260. The molecule has 0 fully saturated rings. The lowest BCUT2D eigenvalue weighted by Crippen LogP contribution is -2.25. The van der Waals surface area contributed by atoms with Gasteiger partial charge in [-0.15, -0.1) is 0 Å². The molecule has 7 heteroatoms. The molecule has 1 N–H and O–H groups in total. The molecule has 23 heavy (non-hydrogen) atoms. The summed E-state index contributed by atoms with van der Waals surface area (Å²) in [5.41, 5.74) is -0.641. The van der Waals surface area contributed by atoms with E-state index in [1.54, 1.807) is 6.07 Å². The zero-order chi connectivity index (χ0) is 17.0. The first-order valence-corrected chi connectivity index (χ1v) is 6.97. The lowest BCUT2D eigenvalue weighted by atomic mass is 10.1. The van der Waals surface area contributed by atoms with Crippen molar-refractivity contribution >= 4 is 17.5 Å². The third-order valence-electron chi connectivity index (χ3n) is 3.17. The fraction of sp³-hybridized carbons (Fsp3) is 0.188. The number of nitrogens with one attached hydrogen (secondary N) is 1. The number of hydrogen-bond acceptors (Lipinski definition) is 2. The fourth-order valence-electron chi connectivity index (χ4n) is 2.08. The van der Waals surface area contributed by atoms with Crippen molar-refractivity contribution in [3.05, 3.63) is 64.2 Å². The smallest absolute Gasteiger partial charge is 0.416 e. The summed E-state index contributed by atoms with van der Waals surface area (Å²) in [4.78, 5) is 12.2. The van der Waals surface area contributed by atoms with Gasteiger partial charge in [0, 0.05) is 11.6 Å². The summed E-state index contributed by atoms with van der Waals surface area (Å²) in [5.74, 6) is -0.280. The van der Waals surface area contributed by atoms with Gasteiger partial charge in [-0.2, -0.15) is 13.2 Å². The summed E-state index contributed by atoms with van der Waals surface area (Å²) >= 11 is 5.84. The Labute approximate surface area is 136 Å². The highest BCUT2D eigenvalue weighted by molar-refractivity contribution is 6.31. The number of hydrogen-bond donors (Lipinski definition) is 1. The van der Waals surface area contributed by atoms with Crippen molar-refractivity contribution in [2.75, 3.05) is 7.11 Å². The average Bonchev–Trinajstić information content (AvgIpc) is 2.52. The Morgan fingerprint density at radius 1 is 1.22 bits per heavy atom. The molecule has 0 bridgehead atoms. The van der Waals surface area contributed by atoms with Crippen LogP contribution in [0.4, 0.5) is 13.2 Å². The van der Waals surface area contributed by atoms with Gasteiger partial charge in [-0.3, -0.25) is 4.79 Å². The lowest BCUT2D eigenvalue weighted by molar-refractivity contribution is -0.138. The van der Waals surface area contributed by atoms with Gasteiger partial charge in [-0.1, -0.05) is 29.8 Å². The standard InChI is InChI=1S/C16H13ClF3NO2/c1-23-14-7-6-11(17)8-12(14)15(22)21-9-10-4-2-3-5-13(10)16(18,19)20/h2-8H,9H2,1H3,(H,21,22). The van der Waals surface area contributed by atoms with Crippen molar-refractivity contribution in [2.24, 2.45) is 0 Å². The van der Waals surface area contributed by atoms with Gasteiger partial charge in [-0.25, -0.2) is 0 Å². The molecule has 0 aliphatic heterocycles. The van der Waals surface area contributed by atoms with Crippen LogP contribution in [0.5, 0.6) is 5.75 Å². The Kier molecular flexibility index (Phi) is 5.15. The molecule has 0 radical (unpaired) electrons. The van der Waals surface area contributed by atoms with Gasteiger partial charge < -0.3 is 10.1 Å². The molecule has 0 saturated heterocycles. The first-order chi connectivity index (χ1) is 10.8. The van der Waals surface area contributed by atoms with E-state index in [2.05, 4.69) is 5.32 Å². The summed E-state index contributed by atoms with van der Waals surface area (Å²) < 4.78 is 43.8. The van der Waals surface area contributed by atoms with Crippen LogP contribution in [0, 0.1) is 0 Å². The lowest BCUT2D eigenvalue weighted by Gasteiger charge is -2.14. The number of ether oxygens (including phenoxy) is 1. The highest BCUT2D eigenvalue weighted by atomic mass is 35.5. The van der Waals surface area contributed by atoms with Crippen molar-refractivity contribution < 1.29 is 22.7 Å². The first-order valence-electron chi connectivity index (χ1n) is 6.59. The van der Waals surface area contributed by atoms with Crippen LogP contribution in [0.1, 0.15) is 21.5 Å². The van der Waals surface area contributed by atoms with Crippen molar-refractivity contribution in [3.63, 3.8) is 0 Å². The maximum absolute atomic E-state index is 12.9. The topological polar surface area (TPSA) is 38.3 Å². The van der Waals surface area contributed by atoms with E-state index in [0.717, 1.165) is 6.07 Å². The third-order valence-corrected chi connectivity index (χ3v) is 3.40. The van der Waals surface area contributed by atoms with Crippen molar-refractivity contribution in [2.45, 2.75) is 12.7 Å². The summed E-state index contributed by atoms with van der Waals surface area (Å²) in [5, 5.41) is 2.78. The molecule has 0 aliphatic rings. The highest BCUT2D eigenvalue weighted by Gasteiger charge is 2.32. The van der Waals surface area contributed by atoms with E-state index in [9.17, 15) is 18.0 Å². The van der Waals surface area contributed by atoms with Gasteiger partial charge in [-0.05, 0) is 29.8 Å². The molecule has 2 rings (SSSR count). The number of carbonyl (C=O) groups is 1. The van der Waals surface area contributed by atoms with Gasteiger partial charge in [0.15, 0.2) is 0 Å². The van der Waals surface area contributed by atoms with Crippen molar-refractivity contribution in [3.8, 4) is 5.75 Å². The maximum atomic E-state index is 12.9. The average molecular weight is 344 g/mol. The van der Waals surface area contributed by atoms with E-state index in [1.807, 2.05) is 0 Å². The van der Waals surface area contributed by atoms with E-state index in [-0.39, 0.29) is 23.4 Å². The minimum atomic E-state index is -4.48. The van der Waals surface area contributed by atoms with Gasteiger partial charge in [0.1, 0.15) is 5.75 Å². The molecule has 0 aromatic heterocycles. The molecule has 0 spiro atoms. The van der Waals surface area contributed by atoms with Gasteiger partial charge in [0.05, 0.1) is 18.2 Å². The van der Waals surface area contributed by atoms with Gasteiger partial charge >= 0.3 is 6.18 Å². The van der Waals surface area contributed by atoms with Crippen LogP contribution in [-0.2, 0) is 12.7 Å². The Morgan fingerprint density at radius 2 is 1.91 bits per heavy atom. The molecule has 0 unspecified atom stereocenters. The van der Waals surface area contributed by atoms with E-state index >= 15 is 0 Å². The number of methoxy groups -OCH3 is 1. The van der Waals surface area contributed by atoms with E-state index < -0.39 is 17.6 Å².